The van der Waals surface area contributed by atoms with Crippen LogP contribution in [0.15, 0.2) is 41.1 Å². The zero-order valence-corrected chi connectivity index (χ0v) is 17.1. The average Bonchev–Trinajstić information content (AvgIpc) is 3.23. The Morgan fingerprint density at radius 1 is 1.32 bits per heavy atom. The summed E-state index contributed by atoms with van der Waals surface area (Å²) in [5, 5.41) is 7.02. The molecule has 1 unspecified atom stereocenters. The Morgan fingerprint density at radius 2 is 2.14 bits per heavy atom. The Hall–Kier alpha value is -2.22. The molecule has 3 rings (SSSR count). The Morgan fingerprint density at radius 3 is 2.86 bits per heavy atom. The minimum absolute atomic E-state index is 0.00301. The molecule has 150 valence electrons. The average molecular weight is 403 g/mol. The van der Waals surface area contributed by atoms with Crippen molar-refractivity contribution in [1.82, 2.24) is 10.2 Å². The molecular weight excluding hydrogens is 376 g/mol. The van der Waals surface area contributed by atoms with Crippen molar-refractivity contribution in [3.8, 4) is 11.1 Å². The first-order valence-corrected chi connectivity index (χ1v) is 10.3. The molecule has 0 bridgehead atoms. The third-order valence-electron chi connectivity index (χ3n) is 4.88. The summed E-state index contributed by atoms with van der Waals surface area (Å²) in [4.78, 5) is 27.1. The summed E-state index contributed by atoms with van der Waals surface area (Å²) in [6.45, 7) is 3.35. The van der Waals surface area contributed by atoms with Crippen molar-refractivity contribution >= 4 is 23.2 Å². The van der Waals surface area contributed by atoms with Gasteiger partial charge < -0.3 is 19.7 Å². The van der Waals surface area contributed by atoms with Gasteiger partial charge in [0.2, 0.25) is 5.91 Å². The monoisotopic (exact) mass is 402 g/mol. The first kappa shape index (κ1) is 20.5. The molecule has 2 heterocycles. The number of methoxy groups -OCH3 is 1. The van der Waals surface area contributed by atoms with Crippen LogP contribution in [0.25, 0.3) is 11.1 Å². The molecule has 1 atom stereocenters. The maximum absolute atomic E-state index is 13.0. The van der Waals surface area contributed by atoms with Gasteiger partial charge in [-0.05, 0) is 40.4 Å². The van der Waals surface area contributed by atoms with Crippen molar-refractivity contribution < 1.29 is 19.1 Å². The molecule has 2 aromatic rings. The molecule has 2 amide bonds. The van der Waals surface area contributed by atoms with Crippen LogP contribution in [0, 0.1) is 0 Å². The van der Waals surface area contributed by atoms with Crippen LogP contribution in [0.5, 0.6) is 0 Å². The molecule has 1 aromatic heterocycles. The van der Waals surface area contributed by atoms with Gasteiger partial charge in [0.15, 0.2) is 5.60 Å². The zero-order chi connectivity index (χ0) is 20.0. The van der Waals surface area contributed by atoms with Crippen LogP contribution < -0.4 is 5.32 Å². The zero-order valence-electron chi connectivity index (χ0n) is 16.3. The lowest BCUT2D eigenvalue weighted by Crippen LogP contribution is -2.62. The first-order valence-electron chi connectivity index (χ1n) is 9.39. The van der Waals surface area contributed by atoms with E-state index in [0.29, 0.717) is 26.1 Å². The lowest BCUT2D eigenvalue weighted by Gasteiger charge is -2.41. The van der Waals surface area contributed by atoms with Crippen LogP contribution in [0.4, 0.5) is 0 Å². The minimum atomic E-state index is -1.12. The molecule has 1 saturated heterocycles. The van der Waals surface area contributed by atoms with Crippen LogP contribution in [-0.2, 0) is 25.5 Å². The topological polar surface area (TPSA) is 67.9 Å². The Bertz CT molecular complexity index is 808. The molecule has 0 spiro atoms. The number of hydrogen-bond donors (Lipinski definition) is 1. The summed E-state index contributed by atoms with van der Waals surface area (Å²) in [5.74, 6) is -0.323. The summed E-state index contributed by atoms with van der Waals surface area (Å²) in [6.07, 6.45) is 0.390. The highest BCUT2D eigenvalue weighted by molar-refractivity contribution is 7.08. The molecule has 0 radical (unpaired) electrons. The van der Waals surface area contributed by atoms with E-state index in [2.05, 4.69) is 22.8 Å². The summed E-state index contributed by atoms with van der Waals surface area (Å²) in [7, 11) is 1.49. The van der Waals surface area contributed by atoms with Gasteiger partial charge in [-0.1, -0.05) is 24.3 Å². The van der Waals surface area contributed by atoms with Crippen LogP contribution in [0.1, 0.15) is 12.5 Å². The molecule has 1 aliphatic rings. The lowest BCUT2D eigenvalue weighted by atomic mass is 9.87. The Labute approximate surface area is 169 Å². The molecule has 6 nitrogen and oxygen atoms in total. The summed E-state index contributed by atoms with van der Waals surface area (Å²) >= 11 is 1.64. The number of carbonyl (C=O) groups excluding carboxylic acids is 2. The fraction of sp³-hybridized carbons (Fsp3) is 0.429. The van der Waals surface area contributed by atoms with Crippen molar-refractivity contribution in [1.29, 1.82) is 0 Å². The molecule has 0 aliphatic carbocycles. The lowest BCUT2D eigenvalue weighted by molar-refractivity contribution is -0.167. The summed E-state index contributed by atoms with van der Waals surface area (Å²) in [5.41, 5.74) is 2.10. The number of carbonyl (C=O) groups is 2. The van der Waals surface area contributed by atoms with E-state index >= 15 is 0 Å². The number of ether oxygens (including phenoxy) is 2. The normalized spacial score (nSPS) is 19.4. The number of rotatable bonds is 7. The minimum Gasteiger partial charge on any atom is -0.375 e. The van der Waals surface area contributed by atoms with Gasteiger partial charge in [-0.2, -0.15) is 11.3 Å². The van der Waals surface area contributed by atoms with Gasteiger partial charge in [0, 0.05) is 26.6 Å². The fourth-order valence-corrected chi connectivity index (χ4v) is 4.20. The van der Waals surface area contributed by atoms with E-state index in [9.17, 15) is 9.59 Å². The fourth-order valence-electron chi connectivity index (χ4n) is 3.54. The molecule has 1 aromatic carbocycles. The second kappa shape index (κ2) is 9.32. The summed E-state index contributed by atoms with van der Waals surface area (Å²) < 4.78 is 11.1. The van der Waals surface area contributed by atoms with E-state index in [4.69, 9.17) is 9.47 Å². The summed E-state index contributed by atoms with van der Waals surface area (Å²) in [6, 6.07) is 10.1. The predicted octanol–water partition coefficient (Wildman–Crippen LogP) is 2.34. The number of morpholine rings is 1. The molecule has 0 saturated carbocycles. The van der Waals surface area contributed by atoms with E-state index in [1.54, 1.807) is 16.2 Å². The second-order valence-corrected chi connectivity index (χ2v) is 7.58. The molecule has 28 heavy (non-hydrogen) atoms. The maximum Gasteiger partial charge on any atom is 0.254 e. The second-order valence-electron chi connectivity index (χ2n) is 6.80. The van der Waals surface area contributed by atoms with Crippen LogP contribution >= 0.6 is 11.3 Å². The van der Waals surface area contributed by atoms with Gasteiger partial charge in [0.1, 0.15) is 6.61 Å². The molecule has 7 heteroatoms. The standard InChI is InChI=1S/C21H26N2O4S/c1-3-22-20(25)21(15-23(9-10-27-21)19(24)13-26-2)12-16-6-4-5-7-18(16)17-8-11-28-14-17/h4-8,11,14H,3,9-10,12-13,15H2,1-2H3,(H,22,25). The Kier molecular flexibility index (Phi) is 6.83. The molecular formula is C21H26N2O4S. The van der Waals surface area contributed by atoms with Gasteiger partial charge in [-0.3, -0.25) is 9.59 Å². The van der Waals surface area contributed by atoms with Gasteiger partial charge in [0.05, 0.1) is 13.2 Å². The Balaban J connectivity index is 1.94. The maximum atomic E-state index is 13.0. The third-order valence-corrected chi connectivity index (χ3v) is 5.57. The number of amides is 2. The van der Waals surface area contributed by atoms with E-state index in [1.807, 2.05) is 30.5 Å². The van der Waals surface area contributed by atoms with Gasteiger partial charge >= 0.3 is 0 Å². The smallest absolute Gasteiger partial charge is 0.254 e. The number of hydrogen-bond acceptors (Lipinski definition) is 5. The largest absolute Gasteiger partial charge is 0.375 e. The highest BCUT2D eigenvalue weighted by Crippen LogP contribution is 2.31. The molecule has 1 fully saturated rings. The van der Waals surface area contributed by atoms with E-state index in [1.165, 1.54) is 7.11 Å². The predicted molar refractivity (Wildman–Crippen MR) is 109 cm³/mol. The van der Waals surface area contributed by atoms with Gasteiger partial charge in [-0.25, -0.2) is 0 Å². The first-order chi connectivity index (χ1) is 13.6. The van der Waals surface area contributed by atoms with Crippen molar-refractivity contribution in [3.63, 3.8) is 0 Å². The van der Waals surface area contributed by atoms with Crippen molar-refractivity contribution in [2.75, 3.05) is 40.0 Å². The molecule has 1 N–H and O–H groups in total. The van der Waals surface area contributed by atoms with E-state index < -0.39 is 5.60 Å². The van der Waals surface area contributed by atoms with Crippen molar-refractivity contribution in [2.45, 2.75) is 18.9 Å². The molecule has 1 aliphatic heterocycles. The van der Waals surface area contributed by atoms with Crippen LogP contribution in [-0.4, -0.2) is 62.3 Å². The number of likely N-dealkylation sites (N-methyl/N-ethyl adjacent to an activating group) is 1. The number of nitrogens with one attached hydrogen (secondary N) is 1. The van der Waals surface area contributed by atoms with Gasteiger partial charge in [-0.15, -0.1) is 0 Å². The SMILES string of the molecule is CCNC(=O)C1(Cc2ccccc2-c2ccsc2)CN(C(=O)COC)CCO1. The highest BCUT2D eigenvalue weighted by atomic mass is 32.1. The van der Waals surface area contributed by atoms with E-state index in [-0.39, 0.29) is 25.0 Å². The van der Waals surface area contributed by atoms with Gasteiger partial charge in [0.25, 0.3) is 5.91 Å². The van der Waals surface area contributed by atoms with Crippen molar-refractivity contribution in [3.05, 3.63) is 46.7 Å². The number of nitrogens with zero attached hydrogens (tertiary/aromatic N) is 1. The number of thiophene rings is 1. The van der Waals surface area contributed by atoms with Crippen LogP contribution in [0.3, 0.4) is 0 Å². The highest BCUT2D eigenvalue weighted by Gasteiger charge is 2.45. The van der Waals surface area contributed by atoms with Crippen molar-refractivity contribution in [2.24, 2.45) is 0 Å². The quantitative estimate of drug-likeness (QED) is 0.772. The van der Waals surface area contributed by atoms with E-state index in [0.717, 1.165) is 16.7 Å². The van der Waals surface area contributed by atoms with Crippen LogP contribution in [0.2, 0.25) is 0 Å². The third kappa shape index (κ3) is 4.43. The number of benzene rings is 1.